The van der Waals surface area contributed by atoms with Gasteiger partial charge in [0.2, 0.25) is 0 Å². The molecule has 0 unspecified atom stereocenters. The first-order chi connectivity index (χ1) is 7.22. The van der Waals surface area contributed by atoms with E-state index in [4.69, 9.17) is 11.6 Å². The van der Waals surface area contributed by atoms with Crippen molar-refractivity contribution in [2.24, 2.45) is 0 Å². The maximum Gasteiger partial charge on any atom is 0.263 e. The molecule has 0 aromatic heterocycles. The Morgan fingerprint density at radius 1 is 1.13 bits per heavy atom. The quantitative estimate of drug-likeness (QED) is 0.661. The minimum atomic E-state index is -2.43. The van der Waals surface area contributed by atoms with E-state index in [0.717, 1.165) is 16.3 Å². The summed E-state index contributed by atoms with van der Waals surface area (Å²) < 4.78 is 25.0. The molecule has 0 aliphatic carbocycles. The van der Waals surface area contributed by atoms with Crippen LogP contribution in [0.2, 0.25) is 0 Å². The first kappa shape index (κ1) is 10.4. The van der Waals surface area contributed by atoms with Crippen LogP contribution in [0.5, 0.6) is 0 Å². The Labute approximate surface area is 91.5 Å². The van der Waals surface area contributed by atoms with Crippen molar-refractivity contribution in [2.45, 2.75) is 12.3 Å². The molecule has 0 aliphatic heterocycles. The molecule has 15 heavy (non-hydrogen) atoms. The van der Waals surface area contributed by atoms with Crippen molar-refractivity contribution < 1.29 is 8.78 Å². The van der Waals surface area contributed by atoms with Crippen LogP contribution in [0, 0.1) is 0 Å². The third-order valence-corrected chi connectivity index (χ3v) is 2.68. The summed E-state index contributed by atoms with van der Waals surface area (Å²) in [7, 11) is 0. The summed E-state index contributed by atoms with van der Waals surface area (Å²) in [5.41, 5.74) is 0.928. The second kappa shape index (κ2) is 4.15. The van der Waals surface area contributed by atoms with Gasteiger partial charge in [-0.25, -0.2) is 8.78 Å². The standard InChI is InChI=1S/C12H9ClF2/c13-7-10-3-1-2-8-4-5-9(12(14)15)6-11(8)10/h1-6,12H,7H2. The van der Waals surface area contributed by atoms with Gasteiger partial charge >= 0.3 is 0 Å². The van der Waals surface area contributed by atoms with Gasteiger partial charge in [-0.2, -0.15) is 0 Å². The zero-order valence-electron chi connectivity index (χ0n) is 7.88. The van der Waals surface area contributed by atoms with E-state index in [1.165, 1.54) is 12.1 Å². The minimum Gasteiger partial charge on any atom is -0.205 e. The lowest BCUT2D eigenvalue weighted by Crippen LogP contribution is -1.87. The molecule has 3 heteroatoms. The Hall–Kier alpha value is -1.15. The summed E-state index contributed by atoms with van der Waals surface area (Å²) in [5, 5.41) is 1.75. The van der Waals surface area contributed by atoms with Gasteiger partial charge in [-0.05, 0) is 22.4 Å². The van der Waals surface area contributed by atoms with Crippen molar-refractivity contribution in [3.8, 4) is 0 Å². The number of hydrogen-bond acceptors (Lipinski definition) is 0. The number of halogens is 3. The molecule has 0 saturated heterocycles. The average Bonchev–Trinajstić information content (AvgIpc) is 2.27. The van der Waals surface area contributed by atoms with Crippen LogP contribution in [-0.2, 0) is 5.88 Å². The van der Waals surface area contributed by atoms with Crippen molar-refractivity contribution in [3.63, 3.8) is 0 Å². The zero-order valence-corrected chi connectivity index (χ0v) is 8.64. The Kier molecular flexibility index (Phi) is 2.87. The molecule has 78 valence electrons. The third kappa shape index (κ3) is 1.95. The van der Waals surface area contributed by atoms with E-state index in [1.54, 1.807) is 6.07 Å². The molecule has 2 aromatic carbocycles. The Bertz CT molecular complexity index is 480. The second-order valence-electron chi connectivity index (χ2n) is 3.33. The van der Waals surface area contributed by atoms with Crippen LogP contribution >= 0.6 is 11.6 Å². The smallest absolute Gasteiger partial charge is 0.205 e. The van der Waals surface area contributed by atoms with Crippen LogP contribution < -0.4 is 0 Å². The van der Waals surface area contributed by atoms with Crippen LogP contribution in [0.15, 0.2) is 36.4 Å². The molecule has 0 amide bonds. The lowest BCUT2D eigenvalue weighted by Gasteiger charge is -2.06. The Balaban J connectivity index is 2.67. The van der Waals surface area contributed by atoms with E-state index in [2.05, 4.69) is 0 Å². The van der Waals surface area contributed by atoms with Crippen molar-refractivity contribution in [3.05, 3.63) is 47.5 Å². The molecule has 0 radical (unpaired) electrons. The van der Waals surface area contributed by atoms with Gasteiger partial charge in [0.15, 0.2) is 0 Å². The fourth-order valence-corrected chi connectivity index (χ4v) is 1.84. The van der Waals surface area contributed by atoms with Gasteiger partial charge in [0.25, 0.3) is 6.43 Å². The fourth-order valence-electron chi connectivity index (χ4n) is 1.61. The summed E-state index contributed by atoms with van der Waals surface area (Å²) in [6, 6.07) is 10.3. The molecular formula is C12H9ClF2. The predicted octanol–water partition coefficient (Wildman–Crippen LogP) is 4.52. The van der Waals surface area contributed by atoms with Crippen LogP contribution in [0.1, 0.15) is 17.6 Å². The maximum absolute atomic E-state index is 12.5. The SMILES string of the molecule is FC(F)c1ccc2cccc(CCl)c2c1. The van der Waals surface area contributed by atoms with Crippen molar-refractivity contribution in [1.29, 1.82) is 0 Å². The van der Waals surface area contributed by atoms with Crippen molar-refractivity contribution in [2.75, 3.05) is 0 Å². The Morgan fingerprint density at radius 3 is 2.60 bits per heavy atom. The van der Waals surface area contributed by atoms with Gasteiger partial charge in [0.1, 0.15) is 0 Å². The Morgan fingerprint density at radius 2 is 1.93 bits per heavy atom. The highest BCUT2D eigenvalue weighted by atomic mass is 35.5. The number of alkyl halides is 3. The van der Waals surface area contributed by atoms with E-state index in [-0.39, 0.29) is 5.56 Å². The van der Waals surface area contributed by atoms with Gasteiger partial charge in [0, 0.05) is 11.4 Å². The topological polar surface area (TPSA) is 0 Å². The van der Waals surface area contributed by atoms with E-state index in [0.29, 0.717) is 5.88 Å². The van der Waals surface area contributed by atoms with E-state index < -0.39 is 6.43 Å². The van der Waals surface area contributed by atoms with Crippen LogP contribution in [0.25, 0.3) is 10.8 Å². The molecule has 0 nitrogen and oxygen atoms in total. The van der Waals surface area contributed by atoms with Gasteiger partial charge in [-0.15, -0.1) is 11.6 Å². The van der Waals surface area contributed by atoms with Crippen LogP contribution in [0.3, 0.4) is 0 Å². The molecule has 0 saturated carbocycles. The number of hydrogen-bond donors (Lipinski definition) is 0. The highest BCUT2D eigenvalue weighted by Crippen LogP contribution is 2.26. The van der Waals surface area contributed by atoms with E-state index in [1.807, 2.05) is 18.2 Å². The maximum atomic E-state index is 12.5. The minimum absolute atomic E-state index is 0.0417. The van der Waals surface area contributed by atoms with E-state index >= 15 is 0 Å². The molecule has 0 fully saturated rings. The van der Waals surface area contributed by atoms with Crippen LogP contribution in [-0.4, -0.2) is 0 Å². The fraction of sp³-hybridized carbons (Fsp3) is 0.167. The highest BCUT2D eigenvalue weighted by Gasteiger charge is 2.08. The van der Waals surface area contributed by atoms with Crippen molar-refractivity contribution >= 4 is 22.4 Å². The molecule has 2 rings (SSSR count). The number of rotatable bonds is 2. The van der Waals surface area contributed by atoms with Gasteiger partial charge < -0.3 is 0 Å². The molecule has 2 aromatic rings. The average molecular weight is 227 g/mol. The molecule has 0 heterocycles. The van der Waals surface area contributed by atoms with Crippen molar-refractivity contribution in [1.82, 2.24) is 0 Å². The third-order valence-electron chi connectivity index (χ3n) is 2.39. The van der Waals surface area contributed by atoms with E-state index in [9.17, 15) is 8.78 Å². The second-order valence-corrected chi connectivity index (χ2v) is 3.60. The predicted molar refractivity (Wildman–Crippen MR) is 58.5 cm³/mol. The molecule has 0 N–H and O–H groups in total. The van der Waals surface area contributed by atoms with Gasteiger partial charge in [-0.3, -0.25) is 0 Å². The van der Waals surface area contributed by atoms with Crippen LogP contribution in [0.4, 0.5) is 8.78 Å². The lowest BCUT2D eigenvalue weighted by molar-refractivity contribution is 0.151. The molecular weight excluding hydrogens is 218 g/mol. The largest absolute Gasteiger partial charge is 0.263 e. The summed E-state index contributed by atoms with van der Waals surface area (Å²) in [6.07, 6.45) is -2.43. The summed E-state index contributed by atoms with van der Waals surface area (Å²) in [5.74, 6) is 0.337. The normalized spacial score (nSPS) is 11.2. The number of benzene rings is 2. The first-order valence-corrected chi connectivity index (χ1v) is 5.11. The van der Waals surface area contributed by atoms with Gasteiger partial charge in [0.05, 0.1) is 0 Å². The summed E-state index contributed by atoms with van der Waals surface area (Å²) in [6.45, 7) is 0. The molecule has 0 atom stereocenters. The first-order valence-electron chi connectivity index (χ1n) is 4.58. The lowest BCUT2D eigenvalue weighted by atomic mass is 10.0. The zero-order chi connectivity index (χ0) is 10.8. The molecule has 0 aliphatic rings. The summed E-state index contributed by atoms with van der Waals surface area (Å²) >= 11 is 5.75. The van der Waals surface area contributed by atoms with Gasteiger partial charge in [-0.1, -0.05) is 30.3 Å². The number of fused-ring (bicyclic) bond motifs is 1. The molecule has 0 spiro atoms. The summed E-state index contributed by atoms with van der Waals surface area (Å²) in [4.78, 5) is 0. The monoisotopic (exact) mass is 226 g/mol. The molecule has 0 bridgehead atoms. The highest BCUT2D eigenvalue weighted by molar-refractivity contribution is 6.18.